The van der Waals surface area contributed by atoms with Crippen LogP contribution in [0.1, 0.15) is 34.4 Å². The number of ether oxygens (including phenoxy) is 1. The van der Waals surface area contributed by atoms with Crippen molar-refractivity contribution < 1.29 is 9.53 Å². The van der Waals surface area contributed by atoms with E-state index in [2.05, 4.69) is 29.3 Å². The van der Waals surface area contributed by atoms with E-state index in [-0.39, 0.29) is 12.6 Å². The highest BCUT2D eigenvalue weighted by atomic mass is 16.5. The molecular formula is C26H29N5O2. The average molecular weight is 444 g/mol. The summed E-state index contributed by atoms with van der Waals surface area (Å²) in [5, 5.41) is 8.93. The van der Waals surface area contributed by atoms with Gasteiger partial charge in [-0.25, -0.2) is 4.68 Å². The summed E-state index contributed by atoms with van der Waals surface area (Å²) in [7, 11) is 1.79. The molecule has 0 radical (unpaired) electrons. The van der Waals surface area contributed by atoms with Crippen molar-refractivity contribution in [2.24, 2.45) is 0 Å². The van der Waals surface area contributed by atoms with Gasteiger partial charge in [0.15, 0.2) is 12.4 Å². The molecule has 2 heterocycles. The molecule has 0 aliphatic rings. The molecule has 0 saturated carbocycles. The third kappa shape index (κ3) is 4.98. The van der Waals surface area contributed by atoms with Crippen LogP contribution in [0.15, 0.2) is 66.9 Å². The zero-order valence-corrected chi connectivity index (χ0v) is 19.5. The van der Waals surface area contributed by atoms with Crippen molar-refractivity contribution >= 4 is 5.91 Å². The molecule has 4 aromatic rings. The van der Waals surface area contributed by atoms with E-state index >= 15 is 0 Å². The fourth-order valence-electron chi connectivity index (χ4n) is 3.84. The number of aryl methyl sites for hydroxylation is 2. The molecule has 7 nitrogen and oxygen atoms in total. The number of aromatic nitrogens is 4. The third-order valence-corrected chi connectivity index (χ3v) is 5.76. The Morgan fingerprint density at radius 1 is 0.970 bits per heavy atom. The van der Waals surface area contributed by atoms with Crippen molar-refractivity contribution in [1.82, 2.24) is 24.5 Å². The van der Waals surface area contributed by atoms with Crippen molar-refractivity contribution in [3.63, 3.8) is 0 Å². The molecule has 0 unspecified atom stereocenters. The molecule has 1 amide bonds. The van der Waals surface area contributed by atoms with Gasteiger partial charge >= 0.3 is 0 Å². The van der Waals surface area contributed by atoms with Gasteiger partial charge < -0.3 is 9.64 Å². The third-order valence-electron chi connectivity index (χ3n) is 5.76. The first-order chi connectivity index (χ1) is 16.0. The van der Waals surface area contributed by atoms with E-state index in [0.29, 0.717) is 12.2 Å². The molecule has 2 aromatic heterocycles. The van der Waals surface area contributed by atoms with Crippen molar-refractivity contribution in [2.75, 3.05) is 7.05 Å². The molecule has 170 valence electrons. The standard InChI is InChI=1S/C26H29N5O2/c1-5-31-20(3)24(19(2)27-31)17-29(4)26(32)25-15-16-30(28-25)18-33-23-13-11-22(12-14-23)21-9-7-6-8-10-21/h6-16H,5,17-18H2,1-4H3. The zero-order chi connectivity index (χ0) is 23.4. The van der Waals surface area contributed by atoms with Crippen LogP contribution in [0.25, 0.3) is 11.1 Å². The monoisotopic (exact) mass is 443 g/mol. The first-order valence-corrected chi connectivity index (χ1v) is 11.1. The van der Waals surface area contributed by atoms with Crippen LogP contribution in [-0.4, -0.2) is 37.4 Å². The number of amides is 1. The molecule has 33 heavy (non-hydrogen) atoms. The number of hydrogen-bond acceptors (Lipinski definition) is 4. The summed E-state index contributed by atoms with van der Waals surface area (Å²) in [6, 6.07) is 19.9. The van der Waals surface area contributed by atoms with Crippen molar-refractivity contribution in [2.45, 2.75) is 40.6 Å². The first kappa shape index (κ1) is 22.3. The molecule has 0 N–H and O–H groups in total. The SMILES string of the molecule is CCn1nc(C)c(CN(C)C(=O)c2ccn(COc3ccc(-c4ccccc4)cc3)n2)c1C. The second kappa shape index (κ2) is 9.73. The Labute approximate surface area is 194 Å². The zero-order valence-electron chi connectivity index (χ0n) is 19.5. The van der Waals surface area contributed by atoms with Crippen LogP contribution in [-0.2, 0) is 19.8 Å². The van der Waals surface area contributed by atoms with Crippen LogP contribution in [0.4, 0.5) is 0 Å². The highest BCUT2D eigenvalue weighted by Gasteiger charge is 2.19. The van der Waals surface area contributed by atoms with Gasteiger partial charge in [-0.2, -0.15) is 10.2 Å². The Balaban J connectivity index is 1.35. The maximum absolute atomic E-state index is 12.9. The summed E-state index contributed by atoms with van der Waals surface area (Å²) in [5.41, 5.74) is 5.80. The van der Waals surface area contributed by atoms with Gasteiger partial charge in [0.25, 0.3) is 5.91 Å². The number of nitrogens with zero attached hydrogens (tertiary/aromatic N) is 5. The van der Waals surface area contributed by atoms with Crippen molar-refractivity contribution in [3.05, 3.63) is 89.5 Å². The van der Waals surface area contributed by atoms with Crippen LogP contribution in [0.5, 0.6) is 5.75 Å². The molecule has 4 rings (SSSR count). The van der Waals surface area contributed by atoms with Gasteiger partial charge in [0.1, 0.15) is 5.75 Å². The highest BCUT2D eigenvalue weighted by molar-refractivity contribution is 5.92. The average Bonchev–Trinajstić information content (AvgIpc) is 3.43. The van der Waals surface area contributed by atoms with Crippen LogP contribution >= 0.6 is 0 Å². The summed E-state index contributed by atoms with van der Waals surface area (Å²) in [5.74, 6) is 0.609. The number of carbonyl (C=O) groups excluding carboxylic acids is 1. The summed E-state index contributed by atoms with van der Waals surface area (Å²) in [6.45, 7) is 7.60. The molecule has 2 aromatic carbocycles. The Kier molecular flexibility index (Phi) is 6.58. The van der Waals surface area contributed by atoms with Crippen LogP contribution in [0, 0.1) is 13.8 Å². The van der Waals surface area contributed by atoms with Gasteiger partial charge in [-0.3, -0.25) is 9.48 Å². The molecule has 0 aliphatic carbocycles. The lowest BCUT2D eigenvalue weighted by Crippen LogP contribution is -2.27. The largest absolute Gasteiger partial charge is 0.471 e. The van der Waals surface area contributed by atoms with E-state index < -0.39 is 0 Å². The normalized spacial score (nSPS) is 10.9. The second-order valence-corrected chi connectivity index (χ2v) is 8.03. The molecule has 0 saturated heterocycles. The lowest BCUT2D eigenvalue weighted by Gasteiger charge is -2.16. The summed E-state index contributed by atoms with van der Waals surface area (Å²) in [4.78, 5) is 14.6. The second-order valence-electron chi connectivity index (χ2n) is 8.03. The highest BCUT2D eigenvalue weighted by Crippen LogP contribution is 2.22. The summed E-state index contributed by atoms with van der Waals surface area (Å²) < 4.78 is 9.43. The quantitative estimate of drug-likeness (QED) is 0.396. The minimum absolute atomic E-state index is 0.135. The molecule has 0 fully saturated rings. The Morgan fingerprint density at radius 2 is 1.67 bits per heavy atom. The topological polar surface area (TPSA) is 65.2 Å². The van der Waals surface area contributed by atoms with Crippen LogP contribution in [0.3, 0.4) is 0 Å². The van der Waals surface area contributed by atoms with Crippen molar-refractivity contribution in [1.29, 1.82) is 0 Å². The Hall–Kier alpha value is -3.87. The Bertz CT molecular complexity index is 1230. The number of hydrogen-bond donors (Lipinski definition) is 0. The van der Waals surface area contributed by atoms with E-state index in [1.807, 2.05) is 61.0 Å². The summed E-state index contributed by atoms with van der Waals surface area (Å²) in [6.07, 6.45) is 1.75. The number of carbonyl (C=O) groups is 1. The van der Waals surface area contributed by atoms with Gasteiger partial charge in [0, 0.05) is 37.6 Å². The van der Waals surface area contributed by atoms with Gasteiger partial charge in [-0.1, -0.05) is 42.5 Å². The van der Waals surface area contributed by atoms with E-state index in [0.717, 1.165) is 40.4 Å². The van der Waals surface area contributed by atoms with E-state index in [9.17, 15) is 4.79 Å². The van der Waals surface area contributed by atoms with Gasteiger partial charge in [0.2, 0.25) is 0 Å². The maximum atomic E-state index is 12.9. The van der Waals surface area contributed by atoms with Gasteiger partial charge in [-0.15, -0.1) is 0 Å². The number of benzene rings is 2. The minimum Gasteiger partial charge on any atom is -0.471 e. The molecule has 0 spiro atoms. The van der Waals surface area contributed by atoms with Crippen molar-refractivity contribution in [3.8, 4) is 16.9 Å². The van der Waals surface area contributed by atoms with Gasteiger partial charge in [-0.05, 0) is 50.1 Å². The van der Waals surface area contributed by atoms with Crippen LogP contribution in [0.2, 0.25) is 0 Å². The predicted octanol–water partition coefficient (Wildman–Crippen LogP) is 4.69. The predicted molar refractivity (Wildman–Crippen MR) is 128 cm³/mol. The van der Waals surface area contributed by atoms with Gasteiger partial charge in [0.05, 0.1) is 5.69 Å². The fourth-order valence-corrected chi connectivity index (χ4v) is 3.84. The Morgan fingerprint density at radius 3 is 2.33 bits per heavy atom. The fraction of sp³-hybridized carbons (Fsp3) is 0.269. The molecular weight excluding hydrogens is 414 g/mol. The van der Waals surface area contributed by atoms with Crippen LogP contribution < -0.4 is 4.74 Å². The van der Waals surface area contributed by atoms with E-state index in [1.54, 1.807) is 28.9 Å². The smallest absolute Gasteiger partial charge is 0.274 e. The molecule has 0 bridgehead atoms. The minimum atomic E-state index is -0.135. The molecule has 0 atom stereocenters. The van der Waals surface area contributed by atoms with E-state index in [1.165, 1.54) is 0 Å². The molecule has 7 heteroatoms. The number of rotatable bonds is 8. The lowest BCUT2D eigenvalue weighted by molar-refractivity contribution is 0.0776. The summed E-state index contributed by atoms with van der Waals surface area (Å²) >= 11 is 0. The molecule has 0 aliphatic heterocycles. The lowest BCUT2D eigenvalue weighted by atomic mass is 10.1. The first-order valence-electron chi connectivity index (χ1n) is 11.1. The van der Waals surface area contributed by atoms with E-state index in [4.69, 9.17) is 4.74 Å². The maximum Gasteiger partial charge on any atom is 0.274 e.